The Labute approximate surface area is 146 Å². The molecule has 0 radical (unpaired) electrons. The van der Waals surface area contributed by atoms with Gasteiger partial charge in [-0.15, -0.1) is 0 Å². The zero-order valence-corrected chi connectivity index (χ0v) is 14.3. The van der Waals surface area contributed by atoms with Crippen LogP contribution in [0, 0.1) is 0 Å². The normalized spacial score (nSPS) is 20.7. The zero-order valence-electron chi connectivity index (χ0n) is 13.6. The van der Waals surface area contributed by atoms with Crippen LogP contribution in [0.4, 0.5) is 5.69 Å². The lowest BCUT2D eigenvalue weighted by Crippen LogP contribution is -2.31. The molecule has 1 aromatic carbocycles. The average molecular weight is 345 g/mol. The fraction of sp³-hybridized carbons (Fsp3) is 0.421. The number of aryl methyl sites for hydroxylation is 1. The number of nitrogens with one attached hydrogen (secondary N) is 1. The van der Waals surface area contributed by atoms with Crippen LogP contribution in [0.2, 0.25) is 5.02 Å². The lowest BCUT2D eigenvalue weighted by molar-refractivity contribution is 0.0987. The number of amides is 1. The van der Waals surface area contributed by atoms with Crippen LogP contribution in [0.5, 0.6) is 0 Å². The van der Waals surface area contributed by atoms with Crippen molar-refractivity contribution in [3.05, 3.63) is 52.4 Å². The molecule has 2 aromatic rings. The van der Waals surface area contributed by atoms with Crippen molar-refractivity contribution in [2.24, 2.45) is 0 Å². The number of furan rings is 1. The van der Waals surface area contributed by atoms with Gasteiger partial charge in [-0.3, -0.25) is 4.79 Å². The van der Waals surface area contributed by atoms with Gasteiger partial charge in [0.2, 0.25) is 0 Å². The molecule has 2 aliphatic rings. The SMILES string of the molecule is O=C(c1cccc(C2CCNC2)c1Cl)N1CCCCc2occc21. The van der Waals surface area contributed by atoms with Crippen molar-refractivity contribution in [1.29, 1.82) is 0 Å². The Bertz CT molecular complexity index is 750. The molecular formula is C19H21ClN2O2. The molecule has 0 spiro atoms. The second kappa shape index (κ2) is 6.61. The maximum Gasteiger partial charge on any atom is 0.259 e. The molecular weight excluding hydrogens is 324 g/mol. The third-order valence-electron chi connectivity index (χ3n) is 5.05. The molecule has 1 fully saturated rings. The maximum atomic E-state index is 13.2. The van der Waals surface area contributed by atoms with Crippen molar-refractivity contribution in [2.75, 3.05) is 24.5 Å². The highest BCUT2D eigenvalue weighted by atomic mass is 35.5. The van der Waals surface area contributed by atoms with Gasteiger partial charge in [-0.1, -0.05) is 23.7 Å². The van der Waals surface area contributed by atoms with E-state index in [1.54, 1.807) is 6.26 Å². The number of hydrogen-bond acceptors (Lipinski definition) is 3. The third kappa shape index (κ3) is 2.74. The fourth-order valence-electron chi connectivity index (χ4n) is 3.74. The minimum absolute atomic E-state index is 0.0302. The molecule has 4 rings (SSSR count). The van der Waals surface area contributed by atoms with Gasteiger partial charge in [-0.05, 0) is 43.4 Å². The highest BCUT2D eigenvalue weighted by Gasteiger charge is 2.28. The van der Waals surface area contributed by atoms with E-state index in [0.29, 0.717) is 23.0 Å². The quantitative estimate of drug-likeness (QED) is 0.895. The van der Waals surface area contributed by atoms with Crippen molar-refractivity contribution >= 4 is 23.2 Å². The van der Waals surface area contributed by atoms with E-state index in [9.17, 15) is 4.79 Å². The first-order valence-corrected chi connectivity index (χ1v) is 9.01. The van der Waals surface area contributed by atoms with E-state index >= 15 is 0 Å². The predicted molar refractivity (Wildman–Crippen MR) is 95.0 cm³/mol. The molecule has 5 heteroatoms. The topological polar surface area (TPSA) is 45.5 Å². The number of anilines is 1. The van der Waals surface area contributed by atoms with Crippen molar-refractivity contribution in [2.45, 2.75) is 31.6 Å². The standard InChI is InChI=1S/C19H21ClN2O2/c20-18-14(13-7-9-21-12-13)4-3-5-15(18)19(23)22-10-2-1-6-17-16(22)8-11-24-17/h3-5,8,11,13,21H,1-2,6-7,9-10,12H2. The maximum absolute atomic E-state index is 13.2. The first-order valence-electron chi connectivity index (χ1n) is 8.63. The first-order chi connectivity index (χ1) is 11.8. The van der Waals surface area contributed by atoms with Crippen molar-refractivity contribution in [1.82, 2.24) is 5.32 Å². The van der Waals surface area contributed by atoms with Gasteiger partial charge in [-0.25, -0.2) is 0 Å². The molecule has 1 aromatic heterocycles. The molecule has 1 atom stereocenters. The lowest BCUT2D eigenvalue weighted by atomic mass is 9.96. The summed E-state index contributed by atoms with van der Waals surface area (Å²) in [6.45, 7) is 2.63. The molecule has 1 unspecified atom stereocenters. The Morgan fingerprint density at radius 1 is 1.29 bits per heavy atom. The van der Waals surface area contributed by atoms with Gasteiger partial charge in [0.25, 0.3) is 5.91 Å². The van der Waals surface area contributed by atoms with Gasteiger partial charge in [0.15, 0.2) is 0 Å². The molecule has 0 saturated carbocycles. The molecule has 1 N–H and O–H groups in total. The van der Waals surface area contributed by atoms with Crippen LogP contribution in [0.25, 0.3) is 0 Å². The van der Waals surface area contributed by atoms with Crippen LogP contribution in [-0.2, 0) is 6.42 Å². The Morgan fingerprint density at radius 2 is 2.21 bits per heavy atom. The molecule has 1 amide bonds. The Morgan fingerprint density at radius 3 is 3.04 bits per heavy atom. The largest absolute Gasteiger partial charge is 0.467 e. The Balaban J connectivity index is 1.69. The van der Waals surface area contributed by atoms with Gasteiger partial charge in [0, 0.05) is 25.6 Å². The second-order valence-electron chi connectivity index (χ2n) is 6.54. The summed E-state index contributed by atoms with van der Waals surface area (Å²) in [7, 11) is 0. The molecule has 1 saturated heterocycles. The summed E-state index contributed by atoms with van der Waals surface area (Å²) in [5.74, 6) is 1.25. The Kier molecular flexibility index (Phi) is 4.33. The van der Waals surface area contributed by atoms with E-state index < -0.39 is 0 Å². The van der Waals surface area contributed by atoms with E-state index in [-0.39, 0.29) is 5.91 Å². The highest BCUT2D eigenvalue weighted by molar-refractivity contribution is 6.35. The number of carbonyl (C=O) groups excluding carboxylic acids is 1. The minimum Gasteiger partial charge on any atom is -0.467 e. The summed E-state index contributed by atoms with van der Waals surface area (Å²) in [6.07, 6.45) is 5.62. The first kappa shape index (κ1) is 15.7. The Hall–Kier alpha value is -1.78. The lowest BCUT2D eigenvalue weighted by Gasteiger charge is -2.22. The van der Waals surface area contributed by atoms with Gasteiger partial charge in [0.1, 0.15) is 5.76 Å². The smallest absolute Gasteiger partial charge is 0.259 e. The highest BCUT2D eigenvalue weighted by Crippen LogP contribution is 2.34. The van der Waals surface area contributed by atoms with Crippen molar-refractivity contribution in [3.8, 4) is 0 Å². The minimum atomic E-state index is -0.0302. The van der Waals surface area contributed by atoms with E-state index in [0.717, 1.165) is 55.8 Å². The van der Waals surface area contributed by atoms with E-state index in [1.807, 2.05) is 29.2 Å². The van der Waals surface area contributed by atoms with Crippen LogP contribution >= 0.6 is 11.6 Å². The zero-order chi connectivity index (χ0) is 16.5. The van der Waals surface area contributed by atoms with E-state index in [1.165, 1.54) is 0 Å². The summed E-state index contributed by atoms with van der Waals surface area (Å²) in [5.41, 5.74) is 2.56. The van der Waals surface area contributed by atoms with Crippen LogP contribution < -0.4 is 10.2 Å². The number of hydrogen-bond donors (Lipinski definition) is 1. The van der Waals surface area contributed by atoms with E-state index in [2.05, 4.69) is 5.32 Å². The summed E-state index contributed by atoms with van der Waals surface area (Å²) < 4.78 is 5.55. The fourth-order valence-corrected chi connectivity index (χ4v) is 4.11. The summed E-state index contributed by atoms with van der Waals surface area (Å²) >= 11 is 6.65. The van der Waals surface area contributed by atoms with Gasteiger partial charge >= 0.3 is 0 Å². The number of halogens is 1. The monoisotopic (exact) mass is 344 g/mol. The summed E-state index contributed by atoms with van der Waals surface area (Å²) in [5, 5.41) is 3.96. The van der Waals surface area contributed by atoms with Crippen LogP contribution in [-0.4, -0.2) is 25.5 Å². The second-order valence-corrected chi connectivity index (χ2v) is 6.92. The number of fused-ring (bicyclic) bond motifs is 1. The number of nitrogens with zero attached hydrogens (tertiary/aromatic N) is 1. The van der Waals surface area contributed by atoms with Crippen LogP contribution in [0.3, 0.4) is 0 Å². The van der Waals surface area contributed by atoms with Gasteiger partial charge in [-0.2, -0.15) is 0 Å². The molecule has 0 bridgehead atoms. The molecule has 24 heavy (non-hydrogen) atoms. The van der Waals surface area contributed by atoms with Crippen LogP contribution in [0.15, 0.2) is 34.9 Å². The van der Waals surface area contributed by atoms with Gasteiger partial charge < -0.3 is 14.6 Å². The summed E-state index contributed by atoms with van der Waals surface area (Å²) in [6, 6.07) is 7.71. The number of benzene rings is 1. The molecule has 0 aliphatic carbocycles. The molecule has 126 valence electrons. The van der Waals surface area contributed by atoms with Crippen LogP contribution in [0.1, 0.15) is 46.9 Å². The molecule has 4 nitrogen and oxygen atoms in total. The molecule has 3 heterocycles. The van der Waals surface area contributed by atoms with Gasteiger partial charge in [0.05, 0.1) is 22.5 Å². The number of rotatable bonds is 2. The third-order valence-corrected chi connectivity index (χ3v) is 5.47. The number of carbonyl (C=O) groups is 1. The predicted octanol–water partition coefficient (Wildman–Crippen LogP) is 3.99. The molecule has 2 aliphatic heterocycles. The average Bonchev–Trinajstić information content (AvgIpc) is 3.24. The van der Waals surface area contributed by atoms with Crippen molar-refractivity contribution in [3.63, 3.8) is 0 Å². The van der Waals surface area contributed by atoms with E-state index in [4.69, 9.17) is 16.0 Å². The van der Waals surface area contributed by atoms with Crippen molar-refractivity contribution < 1.29 is 9.21 Å². The summed E-state index contributed by atoms with van der Waals surface area (Å²) in [4.78, 5) is 15.0.